The van der Waals surface area contributed by atoms with Crippen molar-refractivity contribution in [3.05, 3.63) is 24.1 Å². The predicted octanol–water partition coefficient (Wildman–Crippen LogP) is 2.42. The minimum Gasteiger partial charge on any atom is -0.310 e. The van der Waals surface area contributed by atoms with Crippen LogP contribution in [-0.2, 0) is 4.79 Å². The molecule has 0 saturated carbocycles. The Balaban J connectivity index is 2.71. The second kappa shape index (κ2) is 4.57. The molecule has 1 amide bonds. The Labute approximate surface area is 92.7 Å². The van der Waals surface area contributed by atoms with Gasteiger partial charge in [0.2, 0.25) is 5.91 Å². The molecular formula is C10H12ClFN2O. The Bertz CT molecular complexity index is 351. The molecule has 1 rings (SSSR count). The summed E-state index contributed by atoms with van der Waals surface area (Å²) in [4.78, 5) is 15.3. The van der Waals surface area contributed by atoms with Crippen molar-refractivity contribution < 1.29 is 9.18 Å². The standard InChI is InChI=1S/C10H12ClFN2O/c1-10(2,6-11)9(15)14-8-4-3-7(12)5-13-8/h3-5H,6H2,1-2H3,(H,13,14,15). The first-order valence-corrected chi connectivity index (χ1v) is 4.98. The molecule has 1 aromatic heterocycles. The van der Waals surface area contributed by atoms with Gasteiger partial charge in [0.05, 0.1) is 11.6 Å². The van der Waals surface area contributed by atoms with Gasteiger partial charge in [-0.25, -0.2) is 9.37 Å². The van der Waals surface area contributed by atoms with Gasteiger partial charge in [-0.15, -0.1) is 11.6 Å². The number of halogens is 2. The van der Waals surface area contributed by atoms with Crippen molar-refractivity contribution in [1.29, 1.82) is 0 Å². The normalized spacial score (nSPS) is 11.2. The molecule has 0 atom stereocenters. The van der Waals surface area contributed by atoms with Crippen molar-refractivity contribution in [1.82, 2.24) is 4.98 Å². The number of alkyl halides is 1. The van der Waals surface area contributed by atoms with Crippen LogP contribution < -0.4 is 5.32 Å². The van der Waals surface area contributed by atoms with Gasteiger partial charge in [-0.3, -0.25) is 4.79 Å². The smallest absolute Gasteiger partial charge is 0.232 e. The summed E-state index contributed by atoms with van der Waals surface area (Å²) >= 11 is 5.64. The van der Waals surface area contributed by atoms with E-state index in [1.165, 1.54) is 12.1 Å². The van der Waals surface area contributed by atoms with E-state index in [9.17, 15) is 9.18 Å². The average molecular weight is 231 g/mol. The highest BCUT2D eigenvalue weighted by Gasteiger charge is 2.26. The number of anilines is 1. The van der Waals surface area contributed by atoms with E-state index in [0.717, 1.165) is 6.20 Å². The number of carbonyl (C=O) groups is 1. The van der Waals surface area contributed by atoms with Crippen LogP contribution in [0.3, 0.4) is 0 Å². The number of aromatic nitrogens is 1. The van der Waals surface area contributed by atoms with E-state index in [0.29, 0.717) is 5.82 Å². The first-order valence-electron chi connectivity index (χ1n) is 4.45. The molecule has 0 aliphatic heterocycles. The number of amides is 1. The van der Waals surface area contributed by atoms with E-state index >= 15 is 0 Å². The quantitative estimate of drug-likeness (QED) is 0.811. The van der Waals surface area contributed by atoms with Crippen LogP contribution in [0.5, 0.6) is 0 Å². The van der Waals surface area contributed by atoms with Crippen molar-refractivity contribution in [2.24, 2.45) is 5.41 Å². The van der Waals surface area contributed by atoms with Crippen LogP contribution in [0, 0.1) is 11.2 Å². The van der Waals surface area contributed by atoms with Crippen LogP contribution >= 0.6 is 11.6 Å². The fraction of sp³-hybridized carbons (Fsp3) is 0.400. The highest BCUT2D eigenvalue weighted by Crippen LogP contribution is 2.19. The molecule has 0 fully saturated rings. The summed E-state index contributed by atoms with van der Waals surface area (Å²) in [5.41, 5.74) is -0.669. The molecule has 0 aliphatic rings. The van der Waals surface area contributed by atoms with Crippen LogP contribution in [0.1, 0.15) is 13.8 Å². The number of hydrogen-bond acceptors (Lipinski definition) is 2. The van der Waals surface area contributed by atoms with Gasteiger partial charge in [-0.05, 0) is 26.0 Å². The number of nitrogens with zero attached hydrogens (tertiary/aromatic N) is 1. The van der Waals surface area contributed by atoms with Crippen molar-refractivity contribution in [3.8, 4) is 0 Å². The van der Waals surface area contributed by atoms with Crippen LogP contribution in [0.15, 0.2) is 18.3 Å². The number of hydrogen-bond donors (Lipinski definition) is 1. The second-order valence-electron chi connectivity index (χ2n) is 3.83. The van der Waals surface area contributed by atoms with Gasteiger partial charge in [0.15, 0.2) is 0 Å². The fourth-order valence-electron chi connectivity index (χ4n) is 0.796. The first kappa shape index (κ1) is 11.9. The minimum absolute atomic E-state index is 0.208. The van der Waals surface area contributed by atoms with Crippen molar-refractivity contribution >= 4 is 23.3 Å². The Morgan fingerprint density at radius 2 is 2.27 bits per heavy atom. The lowest BCUT2D eigenvalue weighted by atomic mass is 9.95. The summed E-state index contributed by atoms with van der Waals surface area (Å²) in [6.07, 6.45) is 1.04. The third-order valence-corrected chi connectivity index (χ3v) is 2.59. The van der Waals surface area contributed by atoms with Gasteiger partial charge >= 0.3 is 0 Å². The maximum Gasteiger partial charge on any atom is 0.232 e. The molecule has 1 heterocycles. The molecule has 0 unspecified atom stereocenters. The van der Waals surface area contributed by atoms with Gasteiger partial charge in [-0.2, -0.15) is 0 Å². The van der Waals surface area contributed by atoms with Gasteiger partial charge in [0, 0.05) is 5.88 Å². The van der Waals surface area contributed by atoms with Gasteiger partial charge < -0.3 is 5.32 Å². The molecule has 0 aliphatic carbocycles. The largest absolute Gasteiger partial charge is 0.310 e. The van der Waals surface area contributed by atoms with Gasteiger partial charge in [0.1, 0.15) is 11.6 Å². The number of nitrogens with one attached hydrogen (secondary N) is 1. The minimum atomic E-state index is -0.669. The zero-order chi connectivity index (χ0) is 11.5. The lowest BCUT2D eigenvalue weighted by Gasteiger charge is -2.19. The zero-order valence-corrected chi connectivity index (χ0v) is 9.31. The summed E-state index contributed by atoms with van der Waals surface area (Å²) in [7, 11) is 0. The molecule has 0 spiro atoms. The van der Waals surface area contributed by atoms with E-state index < -0.39 is 11.2 Å². The maximum absolute atomic E-state index is 12.5. The molecule has 82 valence electrons. The van der Waals surface area contributed by atoms with E-state index in [2.05, 4.69) is 10.3 Å². The third-order valence-electron chi connectivity index (χ3n) is 1.92. The number of carbonyl (C=O) groups excluding carboxylic acids is 1. The van der Waals surface area contributed by atoms with E-state index in [4.69, 9.17) is 11.6 Å². The van der Waals surface area contributed by atoms with Crippen LogP contribution in [0.25, 0.3) is 0 Å². The summed E-state index contributed by atoms with van der Waals surface area (Å²) in [6, 6.07) is 2.63. The van der Waals surface area contributed by atoms with Gasteiger partial charge in [0.25, 0.3) is 0 Å². The molecule has 1 aromatic rings. The average Bonchev–Trinajstić information content (AvgIpc) is 2.21. The SMILES string of the molecule is CC(C)(CCl)C(=O)Nc1ccc(F)cn1. The molecule has 5 heteroatoms. The summed E-state index contributed by atoms with van der Waals surface area (Å²) in [5, 5.41) is 2.56. The molecule has 0 radical (unpaired) electrons. The van der Waals surface area contributed by atoms with Gasteiger partial charge in [-0.1, -0.05) is 0 Å². The van der Waals surface area contributed by atoms with Crippen molar-refractivity contribution in [3.63, 3.8) is 0 Å². The Hall–Kier alpha value is -1.16. The molecule has 15 heavy (non-hydrogen) atoms. The molecular weight excluding hydrogens is 219 g/mol. The van der Waals surface area contributed by atoms with E-state index in [1.54, 1.807) is 13.8 Å². The fourth-order valence-corrected chi connectivity index (χ4v) is 0.917. The van der Waals surface area contributed by atoms with Crippen molar-refractivity contribution in [2.75, 3.05) is 11.2 Å². The van der Waals surface area contributed by atoms with Crippen LogP contribution in [-0.4, -0.2) is 16.8 Å². The lowest BCUT2D eigenvalue weighted by Crippen LogP contribution is -2.32. The lowest BCUT2D eigenvalue weighted by molar-refractivity contribution is -0.123. The molecule has 1 N–H and O–H groups in total. The second-order valence-corrected chi connectivity index (χ2v) is 4.10. The maximum atomic E-state index is 12.5. The predicted molar refractivity (Wildman–Crippen MR) is 57.3 cm³/mol. The number of rotatable bonds is 3. The number of pyridine rings is 1. The zero-order valence-electron chi connectivity index (χ0n) is 8.55. The summed E-state index contributed by atoms with van der Waals surface area (Å²) < 4.78 is 12.5. The molecule has 0 bridgehead atoms. The molecule has 3 nitrogen and oxygen atoms in total. The molecule has 0 saturated heterocycles. The Kier molecular flexibility index (Phi) is 3.63. The Morgan fingerprint density at radius 1 is 1.60 bits per heavy atom. The highest BCUT2D eigenvalue weighted by molar-refractivity contribution is 6.20. The third kappa shape index (κ3) is 3.16. The Morgan fingerprint density at radius 3 is 2.73 bits per heavy atom. The highest BCUT2D eigenvalue weighted by atomic mass is 35.5. The van der Waals surface area contributed by atoms with Crippen LogP contribution in [0.4, 0.5) is 10.2 Å². The van der Waals surface area contributed by atoms with E-state index in [1.807, 2.05) is 0 Å². The summed E-state index contributed by atoms with van der Waals surface area (Å²) in [6.45, 7) is 3.44. The monoisotopic (exact) mass is 230 g/mol. The van der Waals surface area contributed by atoms with Crippen molar-refractivity contribution in [2.45, 2.75) is 13.8 Å². The molecule has 0 aromatic carbocycles. The first-order chi connectivity index (χ1) is 6.95. The summed E-state index contributed by atoms with van der Waals surface area (Å²) in [5.74, 6) is -0.152. The van der Waals surface area contributed by atoms with Crippen LogP contribution in [0.2, 0.25) is 0 Å². The van der Waals surface area contributed by atoms with E-state index in [-0.39, 0.29) is 11.8 Å². The topological polar surface area (TPSA) is 42.0 Å².